The molecule has 1 unspecified atom stereocenters. The minimum absolute atomic E-state index is 0.0380. The largest absolute Gasteiger partial charge is 0.392 e. The fraction of sp³-hybridized carbons (Fsp3) is 0.500. The number of benzene rings is 1. The first-order valence-corrected chi connectivity index (χ1v) is 6.05. The van der Waals surface area contributed by atoms with Gasteiger partial charge in [-0.2, -0.15) is 0 Å². The molecule has 2 rings (SSSR count). The lowest BCUT2D eigenvalue weighted by molar-refractivity contribution is -0.384. The Balaban J connectivity index is 2.26. The van der Waals surface area contributed by atoms with Crippen molar-refractivity contribution in [1.29, 1.82) is 0 Å². The van der Waals surface area contributed by atoms with Crippen LogP contribution in [0.2, 0.25) is 0 Å². The number of aliphatic hydroxyl groups excluding tert-OH is 1. The SMILES string of the molecule is O=[N+]([O-])c1cc(CO)cc(N2CCOC(C(F)F)C2)c1. The Hall–Kier alpha value is -1.80. The summed E-state index contributed by atoms with van der Waals surface area (Å²) in [4.78, 5) is 11.9. The van der Waals surface area contributed by atoms with E-state index in [-0.39, 0.29) is 25.4 Å². The zero-order chi connectivity index (χ0) is 14.7. The molecule has 6 nitrogen and oxygen atoms in total. The summed E-state index contributed by atoms with van der Waals surface area (Å²) < 4.78 is 30.3. The van der Waals surface area contributed by atoms with Gasteiger partial charge in [-0.15, -0.1) is 0 Å². The summed E-state index contributed by atoms with van der Waals surface area (Å²) in [6, 6.07) is 4.13. The van der Waals surface area contributed by atoms with Gasteiger partial charge in [-0.25, -0.2) is 8.78 Å². The predicted molar refractivity (Wildman–Crippen MR) is 67.0 cm³/mol. The van der Waals surface area contributed by atoms with E-state index < -0.39 is 17.5 Å². The molecule has 1 saturated heterocycles. The van der Waals surface area contributed by atoms with E-state index in [0.717, 1.165) is 0 Å². The highest BCUT2D eigenvalue weighted by molar-refractivity contribution is 5.56. The van der Waals surface area contributed by atoms with Crippen molar-refractivity contribution in [3.8, 4) is 0 Å². The van der Waals surface area contributed by atoms with Gasteiger partial charge in [-0.3, -0.25) is 10.1 Å². The molecule has 0 bridgehead atoms. The molecule has 0 amide bonds. The van der Waals surface area contributed by atoms with Gasteiger partial charge in [0.05, 0.1) is 18.1 Å². The van der Waals surface area contributed by atoms with Gasteiger partial charge < -0.3 is 14.7 Å². The van der Waals surface area contributed by atoms with Gasteiger partial charge in [0.25, 0.3) is 12.1 Å². The van der Waals surface area contributed by atoms with Crippen LogP contribution >= 0.6 is 0 Å². The normalized spacial score (nSPS) is 19.4. The van der Waals surface area contributed by atoms with Crippen molar-refractivity contribution in [2.24, 2.45) is 0 Å². The standard InChI is InChI=1S/C12H14F2N2O4/c13-12(14)11-6-15(1-2-20-11)9-3-8(7-17)4-10(5-9)16(18)19/h3-5,11-12,17H,1-2,6-7H2. The van der Waals surface area contributed by atoms with Crippen LogP contribution in [0.3, 0.4) is 0 Å². The lowest BCUT2D eigenvalue weighted by atomic mass is 10.1. The third-order valence-corrected chi connectivity index (χ3v) is 3.10. The van der Waals surface area contributed by atoms with E-state index in [1.54, 1.807) is 11.0 Å². The van der Waals surface area contributed by atoms with E-state index in [1.165, 1.54) is 12.1 Å². The second kappa shape index (κ2) is 6.10. The summed E-state index contributed by atoms with van der Waals surface area (Å²) in [6.45, 7) is 0.114. The van der Waals surface area contributed by atoms with E-state index in [4.69, 9.17) is 9.84 Å². The van der Waals surface area contributed by atoms with Crippen LogP contribution < -0.4 is 4.90 Å². The van der Waals surface area contributed by atoms with Crippen LogP contribution in [0, 0.1) is 10.1 Å². The maximum atomic E-state index is 12.7. The molecule has 1 atom stereocenters. The van der Waals surface area contributed by atoms with Crippen LogP contribution in [-0.4, -0.2) is 42.3 Å². The average molecular weight is 288 g/mol. The summed E-state index contributed by atoms with van der Waals surface area (Å²) in [6.07, 6.45) is -3.81. The molecule has 0 aliphatic carbocycles. The second-order valence-electron chi connectivity index (χ2n) is 4.46. The molecular formula is C12H14F2N2O4. The third-order valence-electron chi connectivity index (χ3n) is 3.10. The smallest absolute Gasteiger partial charge is 0.271 e. The number of hydrogen-bond donors (Lipinski definition) is 1. The third kappa shape index (κ3) is 3.20. The molecule has 1 aliphatic heterocycles. The molecule has 1 aromatic rings. The number of anilines is 1. The predicted octanol–water partition coefficient (Wildman–Crippen LogP) is 1.56. The topological polar surface area (TPSA) is 75.8 Å². The van der Waals surface area contributed by atoms with Gasteiger partial charge in [0.2, 0.25) is 0 Å². The summed E-state index contributed by atoms with van der Waals surface area (Å²) in [5, 5.41) is 20.0. The molecular weight excluding hydrogens is 274 g/mol. The molecule has 110 valence electrons. The first kappa shape index (κ1) is 14.6. The van der Waals surface area contributed by atoms with E-state index >= 15 is 0 Å². The molecule has 1 aliphatic rings. The van der Waals surface area contributed by atoms with Gasteiger partial charge in [0.15, 0.2) is 0 Å². The fourth-order valence-electron chi connectivity index (χ4n) is 2.10. The summed E-state index contributed by atoms with van der Waals surface area (Å²) in [5.41, 5.74) is 0.637. The molecule has 0 radical (unpaired) electrons. The van der Waals surface area contributed by atoms with Gasteiger partial charge in [0.1, 0.15) is 6.10 Å². The molecule has 0 spiro atoms. The molecule has 1 fully saturated rings. The Morgan fingerprint density at radius 1 is 1.50 bits per heavy atom. The zero-order valence-corrected chi connectivity index (χ0v) is 10.5. The highest BCUT2D eigenvalue weighted by atomic mass is 19.3. The van der Waals surface area contributed by atoms with Gasteiger partial charge in [-0.05, 0) is 11.6 Å². The molecule has 8 heteroatoms. The maximum Gasteiger partial charge on any atom is 0.271 e. The number of ether oxygens (including phenoxy) is 1. The van der Waals surface area contributed by atoms with Crippen molar-refractivity contribution < 1.29 is 23.5 Å². The lowest BCUT2D eigenvalue weighted by Gasteiger charge is -2.34. The Bertz CT molecular complexity index is 498. The van der Waals surface area contributed by atoms with E-state index in [2.05, 4.69) is 0 Å². The first-order chi connectivity index (χ1) is 9.51. The molecule has 0 aromatic heterocycles. The van der Waals surface area contributed by atoms with Crippen molar-refractivity contribution in [2.45, 2.75) is 19.1 Å². The monoisotopic (exact) mass is 288 g/mol. The van der Waals surface area contributed by atoms with Crippen molar-refractivity contribution in [1.82, 2.24) is 0 Å². The number of morpholine rings is 1. The van der Waals surface area contributed by atoms with Crippen LogP contribution in [0.1, 0.15) is 5.56 Å². The van der Waals surface area contributed by atoms with Crippen LogP contribution in [0.15, 0.2) is 18.2 Å². The van der Waals surface area contributed by atoms with Crippen molar-refractivity contribution >= 4 is 11.4 Å². The van der Waals surface area contributed by atoms with E-state index in [0.29, 0.717) is 17.8 Å². The Morgan fingerprint density at radius 2 is 2.25 bits per heavy atom. The first-order valence-electron chi connectivity index (χ1n) is 6.05. The number of alkyl halides is 2. The van der Waals surface area contributed by atoms with Crippen LogP contribution in [0.4, 0.5) is 20.2 Å². The molecule has 20 heavy (non-hydrogen) atoms. The number of nitro benzene ring substituents is 1. The van der Waals surface area contributed by atoms with Crippen molar-refractivity contribution in [3.05, 3.63) is 33.9 Å². The minimum Gasteiger partial charge on any atom is -0.392 e. The lowest BCUT2D eigenvalue weighted by Crippen LogP contribution is -2.45. The fourth-order valence-corrected chi connectivity index (χ4v) is 2.10. The maximum absolute atomic E-state index is 12.7. The molecule has 0 saturated carbocycles. The Labute approximate surface area is 113 Å². The van der Waals surface area contributed by atoms with Crippen LogP contribution in [-0.2, 0) is 11.3 Å². The number of nitro groups is 1. The van der Waals surface area contributed by atoms with Gasteiger partial charge >= 0.3 is 0 Å². The van der Waals surface area contributed by atoms with Crippen LogP contribution in [0.25, 0.3) is 0 Å². The molecule has 1 aromatic carbocycles. The van der Waals surface area contributed by atoms with Crippen LogP contribution in [0.5, 0.6) is 0 Å². The zero-order valence-electron chi connectivity index (χ0n) is 10.5. The number of nitrogens with zero attached hydrogens (tertiary/aromatic N) is 2. The van der Waals surface area contributed by atoms with E-state index in [9.17, 15) is 18.9 Å². The summed E-state index contributed by atoms with van der Waals surface area (Å²) in [7, 11) is 0. The Morgan fingerprint density at radius 3 is 2.85 bits per heavy atom. The number of aliphatic hydroxyl groups is 1. The van der Waals surface area contributed by atoms with Gasteiger partial charge in [-0.1, -0.05) is 0 Å². The molecule has 1 heterocycles. The van der Waals surface area contributed by atoms with Gasteiger partial charge in [0, 0.05) is 30.9 Å². The highest BCUT2D eigenvalue weighted by Gasteiger charge is 2.28. The Kier molecular flexibility index (Phi) is 4.46. The number of non-ortho nitro benzene ring substituents is 1. The molecule has 1 N–H and O–H groups in total. The van der Waals surface area contributed by atoms with Crippen molar-refractivity contribution in [2.75, 3.05) is 24.6 Å². The minimum atomic E-state index is -2.60. The number of rotatable bonds is 4. The number of halogens is 2. The summed E-state index contributed by atoms with van der Waals surface area (Å²) >= 11 is 0. The highest BCUT2D eigenvalue weighted by Crippen LogP contribution is 2.26. The second-order valence-corrected chi connectivity index (χ2v) is 4.46. The van der Waals surface area contributed by atoms with E-state index in [1.807, 2.05) is 0 Å². The average Bonchev–Trinajstić information content (AvgIpc) is 2.46. The quantitative estimate of drug-likeness (QED) is 0.672. The number of hydrogen-bond acceptors (Lipinski definition) is 5. The van der Waals surface area contributed by atoms with Crippen molar-refractivity contribution in [3.63, 3.8) is 0 Å². The summed E-state index contributed by atoms with van der Waals surface area (Å²) in [5.74, 6) is 0.